The molecule has 0 atom stereocenters. The lowest BCUT2D eigenvalue weighted by molar-refractivity contribution is -0.404. The summed E-state index contributed by atoms with van der Waals surface area (Å²) >= 11 is 0. The van der Waals surface area contributed by atoms with Gasteiger partial charge in [0.15, 0.2) is 5.71 Å². The zero-order valence-electron chi connectivity index (χ0n) is 11.6. The van der Waals surface area contributed by atoms with Gasteiger partial charge in [-0.15, -0.1) is 0 Å². The van der Waals surface area contributed by atoms with Crippen LogP contribution in [-0.4, -0.2) is 17.3 Å². The standard InChI is InChI=1S/C17H20N/c1-5-8-13(2)18(4)17-12-11-15-9-6-7-10-16(15)14(17)3/h5-12H,1-4H3/q+1. The number of nitrogens with zero attached hydrogens (tertiary/aromatic N) is 1. The van der Waals surface area contributed by atoms with Gasteiger partial charge in [0.05, 0.1) is 0 Å². The third kappa shape index (κ3) is 2.21. The number of hydrogen-bond acceptors (Lipinski definition) is 0. The minimum Gasteiger partial charge on any atom is -0.199 e. The molecule has 0 aliphatic rings. The Labute approximate surface area is 109 Å². The molecule has 1 nitrogen and oxygen atoms in total. The van der Waals surface area contributed by atoms with Gasteiger partial charge in [-0.2, -0.15) is 4.58 Å². The van der Waals surface area contributed by atoms with Crippen molar-refractivity contribution in [2.75, 3.05) is 7.05 Å². The van der Waals surface area contributed by atoms with E-state index in [4.69, 9.17) is 0 Å². The zero-order chi connectivity index (χ0) is 13.1. The van der Waals surface area contributed by atoms with Crippen molar-refractivity contribution in [1.82, 2.24) is 0 Å². The van der Waals surface area contributed by atoms with Gasteiger partial charge in [0.25, 0.3) is 0 Å². The maximum atomic E-state index is 2.24. The zero-order valence-corrected chi connectivity index (χ0v) is 11.6. The fraction of sp³-hybridized carbons (Fsp3) is 0.235. The molecule has 1 heteroatoms. The number of aryl methyl sites for hydroxylation is 1. The lowest BCUT2D eigenvalue weighted by Crippen LogP contribution is -2.08. The normalized spacial score (nSPS) is 13.1. The van der Waals surface area contributed by atoms with Crippen molar-refractivity contribution in [3.05, 3.63) is 54.1 Å². The van der Waals surface area contributed by atoms with Gasteiger partial charge in [-0.25, -0.2) is 0 Å². The summed E-state index contributed by atoms with van der Waals surface area (Å²) in [5.41, 5.74) is 3.85. The van der Waals surface area contributed by atoms with Crippen LogP contribution in [-0.2, 0) is 0 Å². The second-order valence-electron chi connectivity index (χ2n) is 4.63. The predicted molar refractivity (Wildman–Crippen MR) is 80.0 cm³/mol. The molecular weight excluding hydrogens is 218 g/mol. The molecule has 92 valence electrons. The molecule has 0 N–H and O–H groups in total. The van der Waals surface area contributed by atoms with Gasteiger partial charge in [-0.1, -0.05) is 30.3 Å². The van der Waals surface area contributed by atoms with E-state index in [-0.39, 0.29) is 0 Å². The summed E-state index contributed by atoms with van der Waals surface area (Å²) in [6.45, 7) is 6.37. The average molecular weight is 238 g/mol. The highest BCUT2D eigenvalue weighted by molar-refractivity contribution is 5.91. The molecule has 0 aliphatic heterocycles. The summed E-state index contributed by atoms with van der Waals surface area (Å²) in [4.78, 5) is 0. The van der Waals surface area contributed by atoms with E-state index in [1.54, 1.807) is 0 Å². The molecule has 2 rings (SSSR count). The Hall–Kier alpha value is -1.89. The van der Waals surface area contributed by atoms with Crippen LogP contribution in [0.2, 0.25) is 0 Å². The minimum absolute atomic E-state index is 1.25. The maximum Gasteiger partial charge on any atom is 0.208 e. The Morgan fingerprint density at radius 1 is 1.11 bits per heavy atom. The summed E-state index contributed by atoms with van der Waals surface area (Å²) in [7, 11) is 2.12. The lowest BCUT2D eigenvalue weighted by Gasteiger charge is -2.06. The van der Waals surface area contributed by atoms with Crippen molar-refractivity contribution in [2.45, 2.75) is 20.8 Å². The van der Waals surface area contributed by atoms with Crippen LogP contribution >= 0.6 is 0 Å². The second-order valence-corrected chi connectivity index (χ2v) is 4.63. The molecule has 18 heavy (non-hydrogen) atoms. The first-order valence-electron chi connectivity index (χ1n) is 6.33. The molecule has 0 amide bonds. The number of hydrogen-bond donors (Lipinski definition) is 0. The van der Waals surface area contributed by atoms with Crippen molar-refractivity contribution in [1.29, 1.82) is 0 Å². The van der Waals surface area contributed by atoms with E-state index < -0.39 is 0 Å². The molecule has 0 spiro atoms. The van der Waals surface area contributed by atoms with Gasteiger partial charge in [0, 0.05) is 24.6 Å². The van der Waals surface area contributed by atoms with Crippen molar-refractivity contribution in [3.63, 3.8) is 0 Å². The fourth-order valence-corrected chi connectivity index (χ4v) is 2.32. The Morgan fingerprint density at radius 2 is 1.83 bits per heavy atom. The number of benzene rings is 2. The van der Waals surface area contributed by atoms with E-state index in [9.17, 15) is 0 Å². The average Bonchev–Trinajstić information content (AvgIpc) is 2.39. The number of fused-ring (bicyclic) bond motifs is 1. The van der Waals surface area contributed by atoms with Crippen molar-refractivity contribution in [3.8, 4) is 0 Å². The summed E-state index contributed by atoms with van der Waals surface area (Å²) < 4.78 is 2.24. The van der Waals surface area contributed by atoms with E-state index in [2.05, 4.69) is 74.0 Å². The highest BCUT2D eigenvalue weighted by atomic mass is 15.0. The molecule has 0 heterocycles. The van der Waals surface area contributed by atoms with Gasteiger partial charge < -0.3 is 0 Å². The predicted octanol–water partition coefficient (Wildman–Crippen LogP) is 4.46. The lowest BCUT2D eigenvalue weighted by atomic mass is 10.0. The minimum atomic E-state index is 1.25. The first-order valence-corrected chi connectivity index (χ1v) is 6.33. The second kappa shape index (κ2) is 5.18. The quantitative estimate of drug-likeness (QED) is 0.537. The van der Waals surface area contributed by atoms with Crippen molar-refractivity contribution < 1.29 is 4.58 Å². The summed E-state index contributed by atoms with van der Waals surface area (Å²) in [5.74, 6) is 0. The van der Waals surface area contributed by atoms with E-state index >= 15 is 0 Å². The number of allylic oxidation sites excluding steroid dienone is 2. The third-order valence-corrected chi connectivity index (χ3v) is 3.47. The van der Waals surface area contributed by atoms with Gasteiger partial charge in [0.2, 0.25) is 5.69 Å². The van der Waals surface area contributed by atoms with Crippen LogP contribution < -0.4 is 0 Å². The molecule has 2 aromatic carbocycles. The highest BCUT2D eigenvalue weighted by Gasteiger charge is 2.12. The van der Waals surface area contributed by atoms with Crippen LogP contribution in [0.1, 0.15) is 19.4 Å². The van der Waals surface area contributed by atoms with Crippen LogP contribution in [0.5, 0.6) is 0 Å². The fourth-order valence-electron chi connectivity index (χ4n) is 2.32. The Kier molecular flexibility index (Phi) is 3.61. The molecule has 0 saturated carbocycles. The van der Waals surface area contributed by atoms with Crippen molar-refractivity contribution in [2.24, 2.45) is 0 Å². The smallest absolute Gasteiger partial charge is 0.199 e. The van der Waals surface area contributed by atoms with Crippen LogP contribution in [0.25, 0.3) is 10.8 Å². The first-order chi connectivity index (χ1) is 8.65. The molecule has 0 bridgehead atoms. The summed E-state index contributed by atoms with van der Waals surface area (Å²) in [5, 5.41) is 2.63. The highest BCUT2D eigenvalue weighted by Crippen LogP contribution is 2.26. The third-order valence-electron chi connectivity index (χ3n) is 3.47. The molecule has 0 aromatic heterocycles. The van der Waals surface area contributed by atoms with Crippen LogP contribution in [0.15, 0.2) is 48.6 Å². The molecule has 0 saturated heterocycles. The van der Waals surface area contributed by atoms with E-state index in [1.165, 1.54) is 27.7 Å². The maximum absolute atomic E-state index is 2.24. The Morgan fingerprint density at radius 3 is 2.56 bits per heavy atom. The Balaban J connectivity index is 2.66. The van der Waals surface area contributed by atoms with E-state index in [0.29, 0.717) is 0 Å². The number of rotatable bonds is 2. The molecule has 0 radical (unpaired) electrons. The van der Waals surface area contributed by atoms with Gasteiger partial charge in [0.1, 0.15) is 7.05 Å². The SMILES string of the molecule is CC=CC(C)=[N+](C)c1ccc2ccccc2c1C. The molecule has 0 unspecified atom stereocenters. The molecule has 2 aromatic rings. The van der Waals surface area contributed by atoms with Crippen molar-refractivity contribution >= 4 is 22.2 Å². The van der Waals surface area contributed by atoms with Gasteiger partial charge in [-0.3, -0.25) is 0 Å². The molecule has 0 aliphatic carbocycles. The van der Waals surface area contributed by atoms with Gasteiger partial charge >= 0.3 is 0 Å². The monoisotopic (exact) mass is 238 g/mol. The first kappa shape index (κ1) is 12.6. The summed E-state index contributed by atoms with van der Waals surface area (Å²) in [6.07, 6.45) is 4.21. The van der Waals surface area contributed by atoms with Crippen LogP contribution in [0.3, 0.4) is 0 Å². The molecular formula is C17H20N+. The van der Waals surface area contributed by atoms with E-state index in [1.807, 2.05) is 6.92 Å². The van der Waals surface area contributed by atoms with Crippen LogP contribution in [0, 0.1) is 6.92 Å². The largest absolute Gasteiger partial charge is 0.208 e. The topological polar surface area (TPSA) is 3.01 Å². The summed E-state index contributed by atoms with van der Waals surface area (Å²) in [6, 6.07) is 12.9. The molecule has 0 fully saturated rings. The Bertz CT molecular complexity index is 633. The van der Waals surface area contributed by atoms with Gasteiger partial charge in [-0.05, 0) is 30.7 Å². The van der Waals surface area contributed by atoms with E-state index in [0.717, 1.165) is 0 Å². The van der Waals surface area contributed by atoms with Crippen LogP contribution in [0.4, 0.5) is 5.69 Å².